The average Bonchev–Trinajstić information content (AvgIpc) is 2.74. The summed E-state index contributed by atoms with van der Waals surface area (Å²) in [4.78, 5) is 15.8. The molecule has 0 aromatic heterocycles. The molecule has 1 aliphatic heterocycles. The molecule has 1 aliphatic carbocycles. The number of carbonyl (C=O) groups excluding carboxylic acids is 1. The van der Waals surface area contributed by atoms with Crippen LogP contribution in [0.1, 0.15) is 39.0 Å². The average molecular weight is 270 g/mol. The zero-order valence-corrected chi connectivity index (χ0v) is 11.8. The zero-order chi connectivity index (χ0) is 13.9. The highest BCUT2D eigenvalue weighted by molar-refractivity contribution is 5.78. The van der Waals surface area contributed by atoms with Crippen molar-refractivity contribution in [2.45, 2.75) is 50.7 Å². The molecule has 110 valence electrons. The smallest absolute Gasteiger partial charge is 0.236 e. The van der Waals surface area contributed by atoms with Crippen molar-refractivity contribution >= 4 is 5.91 Å². The third-order valence-electron chi connectivity index (χ3n) is 4.52. The molecule has 1 saturated carbocycles. The predicted octanol–water partition coefficient (Wildman–Crippen LogP) is 0.207. The predicted molar refractivity (Wildman–Crippen MR) is 72.7 cm³/mol. The van der Waals surface area contributed by atoms with Crippen molar-refractivity contribution < 1.29 is 15.0 Å². The number of β-amino-alcohol motifs (C(OH)–C–C–N with tert-alkyl or cyclic N) is 1. The van der Waals surface area contributed by atoms with Gasteiger partial charge in [0.25, 0.3) is 0 Å². The van der Waals surface area contributed by atoms with Crippen LogP contribution < -0.4 is 0 Å². The fourth-order valence-corrected chi connectivity index (χ4v) is 3.21. The van der Waals surface area contributed by atoms with Crippen molar-refractivity contribution in [2.75, 3.05) is 32.7 Å². The molecule has 1 unspecified atom stereocenters. The lowest BCUT2D eigenvalue weighted by molar-refractivity contribution is -0.132. The fourth-order valence-electron chi connectivity index (χ4n) is 3.21. The van der Waals surface area contributed by atoms with E-state index < -0.39 is 11.7 Å². The molecule has 19 heavy (non-hydrogen) atoms. The van der Waals surface area contributed by atoms with Crippen LogP contribution in [0, 0.1) is 0 Å². The lowest BCUT2D eigenvalue weighted by Gasteiger charge is -2.32. The van der Waals surface area contributed by atoms with E-state index in [1.54, 1.807) is 0 Å². The van der Waals surface area contributed by atoms with Gasteiger partial charge in [-0.2, -0.15) is 0 Å². The number of amides is 1. The van der Waals surface area contributed by atoms with Crippen molar-refractivity contribution in [3.05, 3.63) is 0 Å². The number of likely N-dealkylation sites (N-methyl/N-ethyl adjacent to an activating group) is 1. The molecule has 1 saturated heterocycles. The summed E-state index contributed by atoms with van der Waals surface area (Å²) in [5.41, 5.74) is -0.931. The van der Waals surface area contributed by atoms with Crippen LogP contribution in [0.2, 0.25) is 0 Å². The Hall–Kier alpha value is -0.650. The summed E-state index contributed by atoms with van der Waals surface area (Å²) in [6, 6.07) is 0. The molecule has 5 nitrogen and oxygen atoms in total. The first-order chi connectivity index (χ1) is 9.05. The number of aliphatic hydroxyl groups excluding tert-OH is 1. The van der Waals surface area contributed by atoms with E-state index in [9.17, 15) is 15.0 Å². The maximum Gasteiger partial charge on any atom is 0.236 e. The Labute approximate surface area is 115 Å². The molecule has 2 aliphatic rings. The van der Waals surface area contributed by atoms with Gasteiger partial charge < -0.3 is 15.1 Å². The summed E-state index contributed by atoms with van der Waals surface area (Å²) >= 11 is 0. The molecule has 2 N–H and O–H groups in total. The Morgan fingerprint density at radius 1 is 1.26 bits per heavy atom. The maximum atomic E-state index is 12.0. The topological polar surface area (TPSA) is 64.0 Å². The molecule has 0 aromatic carbocycles. The molecule has 2 rings (SSSR count). The van der Waals surface area contributed by atoms with Crippen molar-refractivity contribution in [1.82, 2.24) is 9.80 Å². The molecule has 1 heterocycles. The molecule has 0 spiro atoms. The number of hydrogen-bond donors (Lipinski definition) is 2. The van der Waals surface area contributed by atoms with Gasteiger partial charge in [-0.15, -0.1) is 0 Å². The van der Waals surface area contributed by atoms with Crippen molar-refractivity contribution in [3.63, 3.8) is 0 Å². The summed E-state index contributed by atoms with van der Waals surface area (Å²) in [7, 11) is 0. The van der Waals surface area contributed by atoms with E-state index in [1.165, 1.54) is 0 Å². The van der Waals surface area contributed by atoms with E-state index in [0.29, 0.717) is 25.9 Å². The lowest BCUT2D eigenvalue weighted by atomic mass is 9.94. The van der Waals surface area contributed by atoms with Crippen LogP contribution >= 0.6 is 0 Å². The van der Waals surface area contributed by atoms with Crippen LogP contribution in [-0.4, -0.2) is 70.3 Å². The Balaban J connectivity index is 1.90. The summed E-state index contributed by atoms with van der Waals surface area (Å²) < 4.78 is 0. The zero-order valence-electron chi connectivity index (χ0n) is 11.8. The summed E-state index contributed by atoms with van der Waals surface area (Å²) in [5, 5.41) is 20.6. The van der Waals surface area contributed by atoms with E-state index in [-0.39, 0.29) is 5.91 Å². The molecule has 0 aromatic rings. The standard InChI is InChI=1S/C14H26N2O3/c1-2-16-9-5-8-15(11-13(16)18)10-12(17)14(19)6-3-4-7-14/h12,17,19H,2-11H2,1H3. The number of rotatable bonds is 4. The lowest BCUT2D eigenvalue weighted by Crippen LogP contribution is -2.48. The molecular formula is C14H26N2O3. The first-order valence-corrected chi connectivity index (χ1v) is 7.46. The van der Waals surface area contributed by atoms with Crippen molar-refractivity contribution in [1.29, 1.82) is 0 Å². The Bertz CT molecular complexity index is 316. The van der Waals surface area contributed by atoms with Crippen molar-refractivity contribution in [3.8, 4) is 0 Å². The Morgan fingerprint density at radius 2 is 1.95 bits per heavy atom. The third kappa shape index (κ3) is 3.46. The number of hydrogen-bond acceptors (Lipinski definition) is 4. The van der Waals surface area contributed by atoms with E-state index >= 15 is 0 Å². The van der Waals surface area contributed by atoms with Crippen LogP contribution in [0.4, 0.5) is 0 Å². The highest BCUT2D eigenvalue weighted by Crippen LogP contribution is 2.32. The molecule has 0 bridgehead atoms. The highest BCUT2D eigenvalue weighted by atomic mass is 16.3. The molecule has 1 atom stereocenters. The first kappa shape index (κ1) is 14.8. The number of carbonyl (C=O) groups is 1. The molecule has 0 radical (unpaired) electrons. The minimum absolute atomic E-state index is 0.130. The van der Waals surface area contributed by atoms with Gasteiger partial charge >= 0.3 is 0 Å². The van der Waals surface area contributed by atoms with Gasteiger partial charge in [0.1, 0.15) is 0 Å². The molecule has 1 amide bonds. The van der Waals surface area contributed by atoms with Crippen LogP contribution in [0.25, 0.3) is 0 Å². The van der Waals surface area contributed by atoms with E-state index in [4.69, 9.17) is 0 Å². The van der Waals surface area contributed by atoms with E-state index in [2.05, 4.69) is 0 Å². The number of nitrogens with zero attached hydrogens (tertiary/aromatic N) is 2. The van der Waals surface area contributed by atoms with Crippen LogP contribution in [0.15, 0.2) is 0 Å². The van der Waals surface area contributed by atoms with Gasteiger partial charge in [-0.05, 0) is 26.2 Å². The van der Waals surface area contributed by atoms with Gasteiger partial charge in [0.2, 0.25) is 5.91 Å². The van der Waals surface area contributed by atoms with Gasteiger partial charge in [0.15, 0.2) is 0 Å². The molecule has 2 fully saturated rings. The van der Waals surface area contributed by atoms with Gasteiger partial charge in [-0.3, -0.25) is 9.69 Å². The number of aliphatic hydroxyl groups is 2. The normalized spacial score (nSPS) is 26.5. The van der Waals surface area contributed by atoms with Gasteiger partial charge in [0, 0.05) is 26.2 Å². The largest absolute Gasteiger partial charge is 0.389 e. The van der Waals surface area contributed by atoms with E-state index in [0.717, 1.165) is 38.9 Å². The maximum absolute atomic E-state index is 12.0. The Morgan fingerprint density at radius 3 is 2.58 bits per heavy atom. The van der Waals surface area contributed by atoms with Gasteiger partial charge in [-0.1, -0.05) is 12.8 Å². The third-order valence-corrected chi connectivity index (χ3v) is 4.52. The quantitative estimate of drug-likeness (QED) is 0.766. The second-order valence-corrected chi connectivity index (χ2v) is 5.89. The first-order valence-electron chi connectivity index (χ1n) is 7.46. The molecular weight excluding hydrogens is 244 g/mol. The highest BCUT2D eigenvalue weighted by Gasteiger charge is 2.39. The monoisotopic (exact) mass is 270 g/mol. The fraction of sp³-hybridized carbons (Fsp3) is 0.929. The summed E-state index contributed by atoms with van der Waals surface area (Å²) in [6.45, 7) is 5.12. The molecule has 5 heteroatoms. The summed E-state index contributed by atoms with van der Waals surface area (Å²) in [5.74, 6) is 0.130. The SMILES string of the molecule is CCN1CCCN(CC(O)C2(O)CCCC2)CC1=O. The van der Waals surface area contributed by atoms with Crippen molar-refractivity contribution in [2.24, 2.45) is 0 Å². The minimum atomic E-state index is -0.931. The van der Waals surface area contributed by atoms with E-state index in [1.807, 2.05) is 16.7 Å². The summed E-state index contributed by atoms with van der Waals surface area (Å²) in [6.07, 6.45) is 3.52. The van der Waals surface area contributed by atoms with Crippen LogP contribution in [0.5, 0.6) is 0 Å². The Kier molecular flexibility index (Phi) is 4.81. The van der Waals surface area contributed by atoms with Crippen LogP contribution in [-0.2, 0) is 4.79 Å². The van der Waals surface area contributed by atoms with Gasteiger partial charge in [-0.25, -0.2) is 0 Å². The van der Waals surface area contributed by atoms with Crippen LogP contribution in [0.3, 0.4) is 0 Å². The van der Waals surface area contributed by atoms with Gasteiger partial charge in [0.05, 0.1) is 18.2 Å². The second kappa shape index (κ2) is 6.20. The second-order valence-electron chi connectivity index (χ2n) is 5.89. The minimum Gasteiger partial charge on any atom is -0.389 e.